The summed E-state index contributed by atoms with van der Waals surface area (Å²) in [4.78, 5) is 31.7. The van der Waals surface area contributed by atoms with E-state index >= 15 is 0 Å². The second-order valence-electron chi connectivity index (χ2n) is 9.34. The van der Waals surface area contributed by atoms with Crippen LogP contribution in [0, 0.1) is 29.5 Å². The minimum Gasteiger partial charge on any atom is -0.441 e. The summed E-state index contributed by atoms with van der Waals surface area (Å²) in [6.07, 6.45) is -0.368. The molecular weight excluding hydrogens is 496 g/mol. The van der Waals surface area contributed by atoms with E-state index in [0.29, 0.717) is 44.6 Å². The number of imide groups is 1. The standard InChI is InChI=1S/C27H27F2N5O4/c1-31-22-6-3-2-5-19(22)27(17-30)9-13-33(14-10-27)12-4-11-32-25(36)34-24(23(16-35)38-26(34)37)18-7-8-20(28)21(29)15-18/h2-3,5-8,15,23-24,35H,4,9-14,16H2,(H,32,36). The van der Waals surface area contributed by atoms with Gasteiger partial charge in [0.05, 0.1) is 24.7 Å². The average molecular weight is 524 g/mol. The lowest BCUT2D eigenvalue weighted by atomic mass is 9.73. The van der Waals surface area contributed by atoms with E-state index in [4.69, 9.17) is 11.3 Å². The molecule has 4 rings (SSSR count). The Morgan fingerprint density at radius 1 is 1.24 bits per heavy atom. The molecule has 2 aromatic rings. The molecule has 0 radical (unpaired) electrons. The lowest BCUT2D eigenvalue weighted by Crippen LogP contribution is -2.45. The van der Waals surface area contributed by atoms with Crippen LogP contribution >= 0.6 is 0 Å². The molecule has 2 heterocycles. The quantitative estimate of drug-likeness (QED) is 0.419. The molecule has 9 nitrogen and oxygen atoms in total. The molecule has 0 aliphatic carbocycles. The average Bonchev–Trinajstić information content (AvgIpc) is 3.29. The number of likely N-dealkylation sites (tertiary alicyclic amines) is 1. The van der Waals surface area contributed by atoms with Crippen molar-refractivity contribution in [2.45, 2.75) is 36.8 Å². The molecule has 2 atom stereocenters. The van der Waals surface area contributed by atoms with E-state index in [9.17, 15) is 28.7 Å². The largest absolute Gasteiger partial charge is 0.441 e. The number of nitriles is 1. The lowest BCUT2D eigenvalue weighted by Gasteiger charge is -2.38. The first-order valence-electron chi connectivity index (χ1n) is 12.3. The van der Waals surface area contributed by atoms with Crippen LogP contribution < -0.4 is 5.32 Å². The third kappa shape index (κ3) is 5.30. The van der Waals surface area contributed by atoms with Gasteiger partial charge < -0.3 is 20.1 Å². The fourth-order valence-electron chi connectivity index (χ4n) is 5.10. The number of rotatable bonds is 7. The van der Waals surface area contributed by atoms with Crippen LogP contribution in [0.5, 0.6) is 0 Å². The first kappa shape index (κ1) is 27.0. The van der Waals surface area contributed by atoms with Crippen LogP contribution in [0.15, 0.2) is 42.5 Å². The number of nitrogens with zero attached hydrogens (tertiary/aromatic N) is 4. The molecule has 2 aromatic carbocycles. The predicted octanol–water partition coefficient (Wildman–Crippen LogP) is 4.03. The van der Waals surface area contributed by atoms with Crippen LogP contribution in [0.1, 0.15) is 36.4 Å². The number of urea groups is 1. The number of piperidine rings is 1. The van der Waals surface area contributed by atoms with Gasteiger partial charge in [0, 0.05) is 6.54 Å². The molecule has 2 aliphatic heterocycles. The Labute approximate surface area is 219 Å². The molecular formula is C27H27F2N5O4. The summed E-state index contributed by atoms with van der Waals surface area (Å²) in [7, 11) is 0. The number of benzene rings is 2. The Morgan fingerprint density at radius 3 is 2.63 bits per heavy atom. The van der Waals surface area contributed by atoms with Gasteiger partial charge in [-0.25, -0.2) is 28.1 Å². The SMILES string of the molecule is [C-]#[N+]c1ccccc1C1(C#N)CCN(CCCNC(=O)N2C(=O)OC(CO)C2c2ccc(F)c(F)c2)CC1. The van der Waals surface area contributed by atoms with Gasteiger partial charge in [-0.1, -0.05) is 30.3 Å². The van der Waals surface area contributed by atoms with Crippen LogP contribution in [0.4, 0.5) is 24.1 Å². The van der Waals surface area contributed by atoms with Gasteiger partial charge in [0.2, 0.25) is 0 Å². The van der Waals surface area contributed by atoms with Crippen LogP contribution in [0.3, 0.4) is 0 Å². The van der Waals surface area contributed by atoms with Crippen molar-refractivity contribution in [1.29, 1.82) is 5.26 Å². The highest BCUT2D eigenvalue weighted by Crippen LogP contribution is 2.40. The Balaban J connectivity index is 1.31. The van der Waals surface area contributed by atoms with E-state index in [1.165, 1.54) is 6.07 Å². The van der Waals surface area contributed by atoms with E-state index in [0.717, 1.165) is 22.6 Å². The van der Waals surface area contributed by atoms with Crippen molar-refractivity contribution in [2.24, 2.45) is 0 Å². The third-order valence-corrected chi connectivity index (χ3v) is 7.15. The van der Waals surface area contributed by atoms with Gasteiger partial charge in [-0.15, -0.1) is 0 Å². The van der Waals surface area contributed by atoms with Crippen LogP contribution in [0.2, 0.25) is 0 Å². The molecule has 38 heavy (non-hydrogen) atoms. The zero-order valence-electron chi connectivity index (χ0n) is 20.6. The zero-order valence-corrected chi connectivity index (χ0v) is 20.6. The number of cyclic esters (lactones) is 1. The summed E-state index contributed by atoms with van der Waals surface area (Å²) in [5.41, 5.74) is 0.674. The number of nitrogens with one attached hydrogen (secondary N) is 1. The van der Waals surface area contributed by atoms with E-state index in [-0.39, 0.29) is 12.1 Å². The molecule has 2 aliphatic rings. The molecule has 11 heteroatoms. The van der Waals surface area contributed by atoms with Crippen molar-refractivity contribution in [2.75, 3.05) is 32.8 Å². The van der Waals surface area contributed by atoms with Crippen molar-refractivity contribution in [3.05, 3.63) is 76.6 Å². The first-order chi connectivity index (χ1) is 18.3. The molecule has 0 bridgehead atoms. The maximum Gasteiger partial charge on any atom is 0.419 e. The fourth-order valence-corrected chi connectivity index (χ4v) is 5.10. The van der Waals surface area contributed by atoms with Gasteiger partial charge in [-0.3, -0.25) is 0 Å². The number of aliphatic hydroxyl groups is 1. The Bertz CT molecular complexity index is 1280. The topological polar surface area (TPSA) is 110 Å². The second-order valence-corrected chi connectivity index (χ2v) is 9.34. The number of amides is 3. The highest BCUT2D eigenvalue weighted by Gasteiger charge is 2.46. The summed E-state index contributed by atoms with van der Waals surface area (Å²) in [6.45, 7) is 9.01. The van der Waals surface area contributed by atoms with Crippen molar-refractivity contribution in [3.8, 4) is 6.07 Å². The lowest BCUT2D eigenvalue weighted by molar-refractivity contribution is 0.0827. The van der Waals surface area contributed by atoms with Gasteiger partial charge in [0.25, 0.3) is 0 Å². The van der Waals surface area contributed by atoms with E-state index in [2.05, 4.69) is 21.1 Å². The van der Waals surface area contributed by atoms with Gasteiger partial charge in [0.15, 0.2) is 23.4 Å². The molecule has 2 N–H and O–H groups in total. The highest BCUT2D eigenvalue weighted by atomic mass is 19.2. The van der Waals surface area contributed by atoms with Gasteiger partial charge in [-0.2, -0.15) is 5.26 Å². The highest BCUT2D eigenvalue weighted by molar-refractivity contribution is 5.93. The number of hydrogen-bond donors (Lipinski definition) is 2. The smallest absolute Gasteiger partial charge is 0.419 e. The van der Waals surface area contributed by atoms with Crippen LogP contribution in [0.25, 0.3) is 4.85 Å². The van der Waals surface area contributed by atoms with Gasteiger partial charge in [0.1, 0.15) is 6.04 Å². The van der Waals surface area contributed by atoms with Gasteiger partial charge >= 0.3 is 12.1 Å². The summed E-state index contributed by atoms with van der Waals surface area (Å²) in [5.74, 6) is -2.21. The van der Waals surface area contributed by atoms with Crippen molar-refractivity contribution >= 4 is 17.8 Å². The predicted molar refractivity (Wildman–Crippen MR) is 132 cm³/mol. The van der Waals surface area contributed by atoms with Crippen molar-refractivity contribution < 1.29 is 28.2 Å². The number of hydrogen-bond acceptors (Lipinski definition) is 6. The summed E-state index contributed by atoms with van der Waals surface area (Å²) < 4.78 is 32.3. The molecule has 198 valence electrons. The summed E-state index contributed by atoms with van der Waals surface area (Å²) >= 11 is 0. The Morgan fingerprint density at radius 2 is 1.97 bits per heavy atom. The molecule has 0 spiro atoms. The van der Waals surface area contributed by atoms with Crippen molar-refractivity contribution in [1.82, 2.24) is 15.1 Å². The van der Waals surface area contributed by atoms with Gasteiger partial charge in [-0.05, 0) is 62.2 Å². The molecule has 0 saturated carbocycles. The van der Waals surface area contributed by atoms with Crippen LogP contribution in [-0.2, 0) is 10.2 Å². The Hall–Kier alpha value is -4.06. The molecule has 2 fully saturated rings. The third-order valence-electron chi connectivity index (χ3n) is 7.15. The summed E-state index contributed by atoms with van der Waals surface area (Å²) in [6, 6.07) is 10.8. The maximum absolute atomic E-state index is 13.8. The molecule has 0 aromatic heterocycles. The number of carbonyl (C=O) groups excluding carboxylic acids is 2. The zero-order chi connectivity index (χ0) is 27.3. The van der Waals surface area contributed by atoms with Crippen LogP contribution in [-0.4, -0.2) is 65.9 Å². The first-order valence-corrected chi connectivity index (χ1v) is 12.3. The Kier molecular flexibility index (Phi) is 8.20. The number of ether oxygens (including phenoxy) is 1. The second kappa shape index (κ2) is 11.5. The number of halogens is 2. The normalized spacial score (nSPS) is 20.9. The molecule has 2 saturated heterocycles. The fraction of sp³-hybridized carbons (Fsp3) is 0.407. The van der Waals surface area contributed by atoms with E-state index < -0.39 is 47.9 Å². The number of aliphatic hydroxyl groups excluding tert-OH is 1. The maximum atomic E-state index is 13.8. The molecule has 3 amide bonds. The summed E-state index contributed by atoms with van der Waals surface area (Å²) in [5, 5.41) is 22.2. The monoisotopic (exact) mass is 523 g/mol. The molecule has 2 unspecified atom stereocenters. The van der Waals surface area contributed by atoms with Crippen molar-refractivity contribution in [3.63, 3.8) is 0 Å². The van der Waals surface area contributed by atoms with E-state index in [1.54, 1.807) is 12.1 Å². The number of carbonyl (C=O) groups is 2. The minimum absolute atomic E-state index is 0.123. The number of para-hydroxylation sites is 1. The van der Waals surface area contributed by atoms with E-state index in [1.807, 2.05) is 12.1 Å². The minimum atomic E-state index is -1.14.